The lowest BCUT2D eigenvalue weighted by molar-refractivity contribution is -0.139. The number of para-hydroxylation sites is 1. The molecule has 152 valence electrons. The third-order valence-electron chi connectivity index (χ3n) is 3.38. The summed E-state index contributed by atoms with van der Waals surface area (Å²) in [6.45, 7) is 0.654. The molecule has 2 aromatic carbocycles. The molecule has 0 aromatic heterocycles. The summed E-state index contributed by atoms with van der Waals surface area (Å²) in [7, 11) is -3.76. The maximum absolute atomic E-state index is 12.1. The number of hydrogen-bond acceptors (Lipinski definition) is 8. The molecule has 0 radical (unpaired) electrons. The molecule has 0 heterocycles. The molecular weight excluding hydrogens is 400 g/mol. The summed E-state index contributed by atoms with van der Waals surface area (Å²) in [5.74, 6) is -2.20. The van der Waals surface area contributed by atoms with Crippen molar-refractivity contribution in [1.82, 2.24) is 0 Å². The van der Waals surface area contributed by atoms with Crippen LogP contribution in [0.1, 0.15) is 17.3 Å². The fourth-order valence-corrected chi connectivity index (χ4v) is 3.10. The van der Waals surface area contributed by atoms with Crippen molar-refractivity contribution in [3.63, 3.8) is 0 Å². The Kier molecular flexibility index (Phi) is 7.67. The highest BCUT2D eigenvalue weighted by molar-refractivity contribution is 7.94. The number of esters is 3. The Bertz CT molecular complexity index is 1010. The van der Waals surface area contributed by atoms with E-state index >= 15 is 0 Å². The first-order valence-electron chi connectivity index (χ1n) is 8.39. The van der Waals surface area contributed by atoms with Crippen molar-refractivity contribution in [2.75, 3.05) is 13.2 Å². The van der Waals surface area contributed by atoms with Crippen molar-refractivity contribution in [1.29, 1.82) is 0 Å². The average molecular weight is 418 g/mol. The van der Waals surface area contributed by atoms with Crippen molar-refractivity contribution >= 4 is 27.7 Å². The minimum absolute atomic E-state index is 0.0443. The van der Waals surface area contributed by atoms with Gasteiger partial charge in [-0.15, -0.1) is 0 Å². The molecule has 0 aliphatic heterocycles. The fourth-order valence-electron chi connectivity index (χ4n) is 2.12. The van der Waals surface area contributed by atoms with Crippen LogP contribution in [0, 0.1) is 0 Å². The van der Waals surface area contributed by atoms with Gasteiger partial charge in [-0.3, -0.25) is 4.79 Å². The maximum Gasteiger partial charge on any atom is 0.342 e. The van der Waals surface area contributed by atoms with E-state index in [1.807, 2.05) is 0 Å². The summed E-state index contributed by atoms with van der Waals surface area (Å²) in [5.41, 5.74) is 0.0443. The zero-order valence-corrected chi connectivity index (χ0v) is 16.3. The van der Waals surface area contributed by atoms with Gasteiger partial charge >= 0.3 is 17.9 Å². The minimum Gasteiger partial charge on any atom is -0.459 e. The van der Waals surface area contributed by atoms with Gasteiger partial charge in [0.2, 0.25) is 0 Å². The molecule has 0 N–H and O–H groups in total. The maximum atomic E-state index is 12.1. The smallest absolute Gasteiger partial charge is 0.342 e. The van der Waals surface area contributed by atoms with E-state index in [4.69, 9.17) is 14.2 Å². The van der Waals surface area contributed by atoms with Gasteiger partial charge in [-0.05, 0) is 24.3 Å². The third kappa shape index (κ3) is 6.89. The Morgan fingerprint density at radius 3 is 2.21 bits per heavy atom. The van der Waals surface area contributed by atoms with Crippen LogP contribution in [0.2, 0.25) is 0 Å². The van der Waals surface area contributed by atoms with E-state index in [2.05, 4.69) is 0 Å². The van der Waals surface area contributed by atoms with Crippen LogP contribution >= 0.6 is 0 Å². The number of carbonyl (C=O) groups is 3. The van der Waals surface area contributed by atoms with Crippen LogP contribution in [-0.4, -0.2) is 39.5 Å². The summed E-state index contributed by atoms with van der Waals surface area (Å²) in [5, 5.41) is 0.742. The highest BCUT2D eigenvalue weighted by Crippen LogP contribution is 2.19. The Labute approximate surface area is 167 Å². The second kappa shape index (κ2) is 10.2. The Hall–Kier alpha value is -3.46. The van der Waals surface area contributed by atoms with Crippen molar-refractivity contribution in [2.45, 2.75) is 11.8 Å². The normalized spacial score (nSPS) is 11.1. The molecule has 2 rings (SSSR count). The van der Waals surface area contributed by atoms with E-state index in [0.717, 1.165) is 11.5 Å². The van der Waals surface area contributed by atoms with Gasteiger partial charge in [-0.25, -0.2) is 18.0 Å². The monoisotopic (exact) mass is 418 g/mol. The summed E-state index contributed by atoms with van der Waals surface area (Å²) in [6.07, 6.45) is 0.778. The quantitative estimate of drug-likeness (QED) is 0.278. The van der Waals surface area contributed by atoms with Crippen LogP contribution in [0.5, 0.6) is 5.75 Å². The number of ether oxygens (including phenoxy) is 3. The summed E-state index contributed by atoms with van der Waals surface area (Å²) in [4.78, 5) is 34.8. The molecule has 2 aromatic rings. The van der Waals surface area contributed by atoms with Crippen molar-refractivity contribution in [3.05, 3.63) is 71.6 Å². The van der Waals surface area contributed by atoms with E-state index in [1.54, 1.807) is 30.3 Å². The molecule has 0 fully saturated rings. The Balaban J connectivity index is 1.83. The molecule has 0 aliphatic rings. The van der Waals surface area contributed by atoms with Crippen LogP contribution in [0.4, 0.5) is 0 Å². The van der Waals surface area contributed by atoms with E-state index in [-0.39, 0.29) is 29.4 Å². The van der Waals surface area contributed by atoms with Gasteiger partial charge in [0, 0.05) is 18.4 Å². The lowest BCUT2D eigenvalue weighted by atomic mass is 10.2. The van der Waals surface area contributed by atoms with Crippen LogP contribution in [0.15, 0.2) is 71.0 Å². The Morgan fingerprint density at radius 2 is 1.52 bits per heavy atom. The summed E-state index contributed by atoms with van der Waals surface area (Å²) < 4.78 is 38.7. The number of rotatable bonds is 8. The second-order valence-electron chi connectivity index (χ2n) is 5.55. The highest BCUT2D eigenvalue weighted by Gasteiger charge is 2.15. The molecule has 0 spiro atoms. The fraction of sp³-hybridized carbons (Fsp3) is 0.150. The van der Waals surface area contributed by atoms with Gasteiger partial charge in [0.15, 0.2) is 9.84 Å². The van der Waals surface area contributed by atoms with Crippen LogP contribution < -0.4 is 4.74 Å². The molecular formula is C20H18O8S. The van der Waals surface area contributed by atoms with Crippen molar-refractivity contribution in [2.24, 2.45) is 0 Å². The minimum atomic E-state index is -3.76. The van der Waals surface area contributed by atoms with Gasteiger partial charge in [0.05, 0.1) is 4.90 Å². The van der Waals surface area contributed by atoms with Gasteiger partial charge in [-0.1, -0.05) is 30.3 Å². The van der Waals surface area contributed by atoms with Crippen LogP contribution in [0.25, 0.3) is 0 Å². The molecule has 0 aliphatic carbocycles. The van der Waals surface area contributed by atoms with Crippen molar-refractivity contribution < 1.29 is 37.0 Å². The number of carbonyl (C=O) groups excluding carboxylic acids is 3. The Morgan fingerprint density at radius 1 is 0.897 bits per heavy atom. The first-order chi connectivity index (χ1) is 13.8. The van der Waals surface area contributed by atoms with Gasteiger partial charge < -0.3 is 14.2 Å². The number of benzene rings is 2. The largest absolute Gasteiger partial charge is 0.459 e. The van der Waals surface area contributed by atoms with Gasteiger partial charge in [0.1, 0.15) is 24.5 Å². The lowest BCUT2D eigenvalue weighted by Gasteiger charge is -2.09. The topological polar surface area (TPSA) is 113 Å². The van der Waals surface area contributed by atoms with Gasteiger partial charge in [0.25, 0.3) is 0 Å². The van der Waals surface area contributed by atoms with Crippen LogP contribution in [0.3, 0.4) is 0 Å². The van der Waals surface area contributed by atoms with E-state index in [9.17, 15) is 22.8 Å². The third-order valence-corrected chi connectivity index (χ3v) is 4.80. The predicted octanol–water partition coefficient (Wildman–Crippen LogP) is 2.30. The summed E-state index contributed by atoms with van der Waals surface area (Å²) in [6, 6.07) is 13.6. The molecule has 0 amide bonds. The molecule has 0 unspecified atom stereocenters. The second-order valence-corrected chi connectivity index (χ2v) is 7.39. The van der Waals surface area contributed by atoms with E-state index < -0.39 is 27.7 Å². The van der Waals surface area contributed by atoms with Crippen molar-refractivity contribution in [3.8, 4) is 5.75 Å². The molecule has 0 atom stereocenters. The standard InChI is InChI=1S/C20H18O8S/c1-15(21)28-18-10-6-5-9-17(18)20(23)27-13-12-26-19(22)11-14-29(24,25)16-7-3-2-4-8-16/h2-11,14H,12-13H2,1H3. The first kappa shape index (κ1) is 21.8. The van der Waals surface area contributed by atoms with E-state index in [0.29, 0.717) is 0 Å². The predicted molar refractivity (Wildman–Crippen MR) is 102 cm³/mol. The molecule has 9 heteroatoms. The zero-order chi connectivity index (χ0) is 21.3. The molecule has 29 heavy (non-hydrogen) atoms. The lowest BCUT2D eigenvalue weighted by Crippen LogP contribution is -2.14. The molecule has 0 saturated heterocycles. The molecule has 0 bridgehead atoms. The summed E-state index contributed by atoms with van der Waals surface area (Å²) >= 11 is 0. The number of hydrogen-bond donors (Lipinski definition) is 0. The SMILES string of the molecule is CC(=O)Oc1ccccc1C(=O)OCCOC(=O)C=CS(=O)(=O)c1ccccc1. The zero-order valence-electron chi connectivity index (χ0n) is 15.4. The average Bonchev–Trinajstić information content (AvgIpc) is 2.70. The molecule has 8 nitrogen and oxygen atoms in total. The van der Waals surface area contributed by atoms with Crippen LogP contribution in [-0.2, 0) is 28.9 Å². The first-order valence-corrected chi connectivity index (χ1v) is 9.94. The van der Waals surface area contributed by atoms with E-state index in [1.165, 1.54) is 31.2 Å². The number of sulfone groups is 1. The highest BCUT2D eigenvalue weighted by atomic mass is 32.2. The molecule has 0 saturated carbocycles. The van der Waals surface area contributed by atoms with Gasteiger partial charge in [-0.2, -0.15) is 0 Å².